The van der Waals surface area contributed by atoms with E-state index in [2.05, 4.69) is 0 Å². The molecule has 0 aliphatic rings. The third kappa shape index (κ3) is 3.80. The number of nitrogens with zero attached hydrogens (tertiary/aromatic N) is 2. The Morgan fingerprint density at radius 3 is 2.46 bits per heavy atom. The van der Waals surface area contributed by atoms with Gasteiger partial charge in [0.2, 0.25) is 0 Å². The minimum Gasteiger partial charge on any atom is -0.492 e. The van der Waals surface area contributed by atoms with Gasteiger partial charge in [-0.3, -0.25) is 9.36 Å². The number of fused-ring (bicyclic) bond motifs is 1. The molecule has 0 radical (unpaired) electrons. The highest BCUT2D eigenvalue weighted by atomic mass is 32.2. The van der Waals surface area contributed by atoms with E-state index < -0.39 is 0 Å². The number of aromatic nitrogens is 2. The number of hydrogen-bond acceptors (Lipinski definition) is 4. The summed E-state index contributed by atoms with van der Waals surface area (Å²) in [5, 5.41) is 1.29. The fraction of sp³-hybridized carbons (Fsp3) is 0.130. The Morgan fingerprint density at radius 2 is 1.64 bits per heavy atom. The van der Waals surface area contributed by atoms with Crippen molar-refractivity contribution in [1.29, 1.82) is 0 Å². The molecule has 0 aliphatic heterocycles. The van der Waals surface area contributed by atoms with E-state index in [0.717, 1.165) is 17.0 Å². The second-order valence-corrected chi connectivity index (χ2v) is 7.41. The second kappa shape index (κ2) is 8.31. The van der Waals surface area contributed by atoms with Crippen molar-refractivity contribution in [2.24, 2.45) is 0 Å². The molecule has 4 nitrogen and oxygen atoms in total. The topological polar surface area (TPSA) is 44.1 Å². The van der Waals surface area contributed by atoms with E-state index in [-0.39, 0.29) is 5.56 Å². The van der Waals surface area contributed by atoms with Crippen LogP contribution in [0.15, 0.2) is 88.8 Å². The van der Waals surface area contributed by atoms with Crippen LogP contribution >= 0.6 is 11.8 Å². The first-order chi connectivity index (χ1) is 13.7. The molecule has 5 heteroatoms. The van der Waals surface area contributed by atoms with Gasteiger partial charge in [-0.25, -0.2) is 4.98 Å². The Hall–Kier alpha value is -3.05. The van der Waals surface area contributed by atoms with Crippen LogP contribution in [-0.2, 0) is 0 Å². The minimum absolute atomic E-state index is 0.0564. The van der Waals surface area contributed by atoms with Gasteiger partial charge in [0.05, 0.1) is 23.2 Å². The fourth-order valence-electron chi connectivity index (χ4n) is 3.02. The molecule has 0 N–H and O–H groups in total. The van der Waals surface area contributed by atoms with Crippen molar-refractivity contribution in [2.45, 2.75) is 12.1 Å². The lowest BCUT2D eigenvalue weighted by atomic mass is 10.2. The third-order valence-electron chi connectivity index (χ3n) is 4.42. The lowest BCUT2D eigenvalue weighted by Crippen LogP contribution is -2.22. The third-order valence-corrected chi connectivity index (χ3v) is 5.33. The molecule has 0 unspecified atom stereocenters. The standard InChI is InChI=1S/C23H20N2O2S/c1-17-9-5-8-14-21(17)27-15-16-28-23-24-20-13-7-6-12-19(20)22(26)25(23)18-10-3-2-4-11-18/h2-14H,15-16H2,1H3. The van der Waals surface area contributed by atoms with Gasteiger partial charge < -0.3 is 4.74 Å². The van der Waals surface area contributed by atoms with Gasteiger partial charge >= 0.3 is 0 Å². The van der Waals surface area contributed by atoms with Gasteiger partial charge in [-0.15, -0.1) is 0 Å². The maximum atomic E-state index is 13.1. The first-order valence-electron chi connectivity index (χ1n) is 9.12. The lowest BCUT2D eigenvalue weighted by molar-refractivity contribution is 0.341. The molecule has 0 amide bonds. The van der Waals surface area contributed by atoms with Gasteiger partial charge in [-0.2, -0.15) is 0 Å². The molecule has 0 aliphatic carbocycles. The summed E-state index contributed by atoms with van der Waals surface area (Å²) in [6.07, 6.45) is 0. The summed E-state index contributed by atoms with van der Waals surface area (Å²) in [6.45, 7) is 2.56. The van der Waals surface area contributed by atoms with Gasteiger partial charge in [-0.1, -0.05) is 60.3 Å². The summed E-state index contributed by atoms with van der Waals surface area (Å²) in [4.78, 5) is 17.9. The average molecular weight is 388 g/mol. The predicted octanol–water partition coefficient (Wildman–Crippen LogP) is 4.87. The van der Waals surface area contributed by atoms with Crippen LogP contribution in [0.3, 0.4) is 0 Å². The van der Waals surface area contributed by atoms with E-state index in [1.54, 1.807) is 4.57 Å². The number of hydrogen-bond donors (Lipinski definition) is 0. The Balaban J connectivity index is 1.62. The van der Waals surface area contributed by atoms with Gasteiger partial charge in [0.25, 0.3) is 5.56 Å². The van der Waals surface area contributed by atoms with Gasteiger partial charge in [0, 0.05) is 5.75 Å². The smallest absolute Gasteiger partial charge is 0.266 e. The molecule has 0 saturated heterocycles. The molecule has 0 saturated carbocycles. The van der Waals surface area contributed by atoms with Crippen LogP contribution in [0.5, 0.6) is 5.75 Å². The van der Waals surface area contributed by atoms with Crippen LogP contribution < -0.4 is 10.3 Å². The van der Waals surface area contributed by atoms with Gasteiger partial charge in [0.1, 0.15) is 5.75 Å². The first kappa shape index (κ1) is 18.3. The van der Waals surface area contributed by atoms with Crippen LogP contribution in [0.4, 0.5) is 0 Å². The zero-order valence-corrected chi connectivity index (χ0v) is 16.4. The summed E-state index contributed by atoms with van der Waals surface area (Å²) in [5.41, 5.74) is 2.58. The molecule has 140 valence electrons. The van der Waals surface area contributed by atoms with Crippen LogP contribution in [-0.4, -0.2) is 21.9 Å². The predicted molar refractivity (Wildman–Crippen MR) is 115 cm³/mol. The van der Waals surface area contributed by atoms with E-state index >= 15 is 0 Å². The Bertz CT molecular complexity index is 1160. The number of para-hydroxylation sites is 3. The maximum Gasteiger partial charge on any atom is 0.266 e. The average Bonchev–Trinajstić information content (AvgIpc) is 2.73. The molecule has 28 heavy (non-hydrogen) atoms. The highest BCUT2D eigenvalue weighted by Gasteiger charge is 2.13. The van der Waals surface area contributed by atoms with Crippen molar-refractivity contribution in [3.05, 3.63) is 94.8 Å². The van der Waals surface area contributed by atoms with Crippen LogP contribution in [0.25, 0.3) is 16.6 Å². The van der Waals surface area contributed by atoms with Crippen molar-refractivity contribution in [1.82, 2.24) is 9.55 Å². The Labute approximate surface area is 167 Å². The number of ether oxygens (including phenoxy) is 1. The Morgan fingerprint density at radius 1 is 0.929 bits per heavy atom. The van der Waals surface area contributed by atoms with E-state index in [0.29, 0.717) is 28.4 Å². The monoisotopic (exact) mass is 388 g/mol. The molecule has 0 fully saturated rings. The van der Waals surface area contributed by atoms with Gasteiger partial charge in [-0.05, 0) is 42.8 Å². The molecule has 4 aromatic rings. The summed E-state index contributed by atoms with van der Waals surface area (Å²) in [5.74, 6) is 1.57. The molecular formula is C23H20N2O2S. The SMILES string of the molecule is Cc1ccccc1OCCSc1nc2ccccc2c(=O)n1-c1ccccc1. The van der Waals surface area contributed by atoms with Crippen molar-refractivity contribution < 1.29 is 4.74 Å². The van der Waals surface area contributed by atoms with Crippen molar-refractivity contribution >= 4 is 22.7 Å². The fourth-order valence-corrected chi connectivity index (χ4v) is 3.85. The van der Waals surface area contributed by atoms with E-state index in [4.69, 9.17) is 9.72 Å². The van der Waals surface area contributed by atoms with Crippen LogP contribution in [0, 0.1) is 6.92 Å². The number of thioether (sulfide) groups is 1. The quantitative estimate of drug-likeness (QED) is 0.269. The van der Waals surface area contributed by atoms with Gasteiger partial charge in [0.15, 0.2) is 5.16 Å². The van der Waals surface area contributed by atoms with Crippen LogP contribution in [0.2, 0.25) is 0 Å². The highest BCUT2D eigenvalue weighted by molar-refractivity contribution is 7.99. The Kier molecular flexibility index (Phi) is 5.44. The molecule has 3 aromatic carbocycles. The van der Waals surface area contributed by atoms with Crippen molar-refractivity contribution in [3.63, 3.8) is 0 Å². The molecular weight excluding hydrogens is 368 g/mol. The molecule has 0 atom stereocenters. The molecule has 1 aromatic heterocycles. The normalized spacial score (nSPS) is 10.9. The largest absolute Gasteiger partial charge is 0.492 e. The van der Waals surface area contributed by atoms with E-state index in [1.165, 1.54) is 11.8 Å². The summed E-state index contributed by atoms with van der Waals surface area (Å²) < 4.78 is 7.57. The highest BCUT2D eigenvalue weighted by Crippen LogP contribution is 2.22. The molecule has 0 spiro atoms. The van der Waals surface area contributed by atoms with Crippen LogP contribution in [0.1, 0.15) is 5.56 Å². The molecule has 1 heterocycles. The first-order valence-corrected chi connectivity index (χ1v) is 10.1. The summed E-state index contributed by atoms with van der Waals surface area (Å²) >= 11 is 1.52. The number of benzene rings is 3. The number of rotatable bonds is 6. The molecule has 4 rings (SSSR count). The number of aryl methyl sites for hydroxylation is 1. The maximum absolute atomic E-state index is 13.1. The van der Waals surface area contributed by atoms with E-state index in [1.807, 2.05) is 85.8 Å². The van der Waals surface area contributed by atoms with Crippen molar-refractivity contribution in [3.8, 4) is 11.4 Å². The zero-order chi connectivity index (χ0) is 19.3. The van der Waals surface area contributed by atoms with Crippen molar-refractivity contribution in [2.75, 3.05) is 12.4 Å². The lowest BCUT2D eigenvalue weighted by Gasteiger charge is -2.13. The molecule has 0 bridgehead atoms. The van der Waals surface area contributed by atoms with E-state index in [9.17, 15) is 4.79 Å². The summed E-state index contributed by atoms with van der Waals surface area (Å²) in [6, 6.07) is 25.0. The second-order valence-electron chi connectivity index (χ2n) is 6.35. The minimum atomic E-state index is -0.0564. The summed E-state index contributed by atoms with van der Waals surface area (Å²) in [7, 11) is 0. The zero-order valence-electron chi connectivity index (χ0n) is 15.5.